The zero-order valence-corrected chi connectivity index (χ0v) is 30.0. The van der Waals surface area contributed by atoms with E-state index in [-0.39, 0.29) is 27.5 Å². The molecular weight excluding hydrogens is 712 g/mol. The Labute approximate surface area is 296 Å². The summed E-state index contributed by atoms with van der Waals surface area (Å²) in [6, 6.07) is 6.13. The van der Waals surface area contributed by atoms with Crippen LogP contribution < -0.4 is 37.2 Å². The number of aromatic nitrogens is 4. The maximum atomic E-state index is 13.2. The van der Waals surface area contributed by atoms with Gasteiger partial charge < -0.3 is 55.5 Å². The van der Waals surface area contributed by atoms with Gasteiger partial charge in [0, 0.05) is 80.2 Å². The second kappa shape index (κ2) is 15.9. The minimum absolute atomic E-state index is 0.147. The number of amides is 5. The van der Waals surface area contributed by atoms with E-state index in [0.29, 0.717) is 47.5 Å². The molecule has 0 fully saturated rings. The van der Waals surface area contributed by atoms with Crippen molar-refractivity contribution in [3.63, 3.8) is 0 Å². The molecule has 0 spiro atoms. The van der Waals surface area contributed by atoms with Gasteiger partial charge in [0.1, 0.15) is 22.8 Å². The Bertz CT molecular complexity index is 2000. The zero-order valence-electron chi connectivity index (χ0n) is 28.4. The van der Waals surface area contributed by atoms with Crippen LogP contribution in [0.25, 0.3) is 0 Å². The average Bonchev–Trinajstić information content (AvgIpc) is 3.82. The zero-order chi connectivity index (χ0) is 36.7. The molecule has 4 aromatic heterocycles. The van der Waals surface area contributed by atoms with Crippen LogP contribution >= 0.6 is 15.9 Å². The quantitative estimate of drug-likeness (QED) is 0.0498. The monoisotopic (exact) mass is 750 g/mol. The Morgan fingerprint density at radius 2 is 0.960 bits per heavy atom. The fourth-order valence-corrected chi connectivity index (χ4v) is 5.04. The molecule has 4 heterocycles. The number of hydrogen-bond donors (Lipinski definition) is 7. The molecule has 0 atom stereocenters. The lowest BCUT2D eigenvalue weighted by Crippen LogP contribution is -2.40. The molecule has 0 unspecified atom stereocenters. The smallest absolute Gasteiger partial charge is 0.272 e. The van der Waals surface area contributed by atoms with Gasteiger partial charge in [0.25, 0.3) is 29.5 Å². The van der Waals surface area contributed by atoms with Crippen LogP contribution in [0.15, 0.2) is 65.1 Å². The standard InChI is InChI=1S/C32H39BrN12O5/c1-18(33)27(46)38-19-11-24(43(5)14-19)29(48)40-21-13-26(45(7)16-21)31(50)41-22-12-25(44(6)17-22)30(49)39-20-10-23(42(4)15-20)28(47)36-8-9-37-32(34-2)35-3/h10-17H,1,8-9H2,2-7H3,(H,36,47)(H,38,46)(H,39,49)(H,40,48)(H,41,50)(H2,34,35,37). The first-order valence-corrected chi connectivity index (χ1v) is 15.9. The molecule has 0 saturated heterocycles. The number of carbonyl (C=O) groups is 5. The Kier molecular flexibility index (Phi) is 11.7. The topological polar surface area (TPSA) is 202 Å². The first-order valence-electron chi connectivity index (χ1n) is 15.1. The summed E-state index contributed by atoms with van der Waals surface area (Å²) in [4.78, 5) is 68.0. The van der Waals surface area contributed by atoms with Crippen molar-refractivity contribution in [2.45, 2.75) is 0 Å². The Morgan fingerprint density at radius 1 is 0.620 bits per heavy atom. The van der Waals surface area contributed by atoms with Crippen molar-refractivity contribution in [1.82, 2.24) is 34.2 Å². The van der Waals surface area contributed by atoms with Gasteiger partial charge in [-0.2, -0.15) is 0 Å². The summed E-state index contributed by atoms with van der Waals surface area (Å²) in [6.45, 7) is 4.35. The van der Waals surface area contributed by atoms with Gasteiger partial charge in [0.05, 0.1) is 27.2 Å². The summed E-state index contributed by atoms with van der Waals surface area (Å²) < 4.78 is 6.43. The summed E-state index contributed by atoms with van der Waals surface area (Å²) >= 11 is 3.02. The summed E-state index contributed by atoms with van der Waals surface area (Å²) in [7, 11) is 10.1. The summed E-state index contributed by atoms with van der Waals surface area (Å²) in [5, 5.41) is 19.7. The maximum Gasteiger partial charge on any atom is 0.272 e. The number of aryl methyl sites for hydroxylation is 4. The normalized spacial score (nSPS) is 11.1. The van der Waals surface area contributed by atoms with Crippen LogP contribution in [0.2, 0.25) is 0 Å². The molecule has 4 rings (SSSR count). The van der Waals surface area contributed by atoms with Crippen LogP contribution in [0.3, 0.4) is 0 Å². The molecular formula is C32H39BrN12O5. The predicted octanol–water partition coefficient (Wildman–Crippen LogP) is 2.17. The molecule has 0 bridgehead atoms. The third kappa shape index (κ3) is 8.90. The lowest BCUT2D eigenvalue weighted by atomic mass is 10.3. The lowest BCUT2D eigenvalue weighted by molar-refractivity contribution is -0.112. The fourth-order valence-electron chi connectivity index (χ4n) is 4.95. The molecule has 5 amide bonds. The largest absolute Gasteiger partial charge is 0.359 e. The number of hydrogen-bond acceptors (Lipinski definition) is 6. The highest BCUT2D eigenvalue weighted by Gasteiger charge is 2.20. The van der Waals surface area contributed by atoms with Gasteiger partial charge in [0.15, 0.2) is 5.96 Å². The molecule has 0 saturated carbocycles. The highest BCUT2D eigenvalue weighted by atomic mass is 79.9. The number of aliphatic imine (C=N–C) groups is 1. The van der Waals surface area contributed by atoms with Crippen molar-refractivity contribution < 1.29 is 24.0 Å². The van der Waals surface area contributed by atoms with E-state index in [0.717, 1.165) is 0 Å². The van der Waals surface area contributed by atoms with Gasteiger partial charge in [-0.05, 0) is 40.2 Å². The number of halogens is 1. The molecule has 18 heteroatoms. The van der Waals surface area contributed by atoms with Gasteiger partial charge in [-0.3, -0.25) is 29.0 Å². The third-order valence-electron chi connectivity index (χ3n) is 7.39. The summed E-state index contributed by atoms with van der Waals surface area (Å²) in [5.74, 6) is -1.51. The Balaban J connectivity index is 1.35. The van der Waals surface area contributed by atoms with Crippen molar-refractivity contribution in [3.8, 4) is 0 Å². The number of anilines is 4. The van der Waals surface area contributed by atoms with E-state index in [1.165, 1.54) is 18.2 Å². The number of nitrogens with zero attached hydrogens (tertiary/aromatic N) is 5. The molecule has 0 aromatic carbocycles. The molecule has 0 aliphatic carbocycles. The minimum Gasteiger partial charge on any atom is -0.359 e. The van der Waals surface area contributed by atoms with Gasteiger partial charge in [-0.1, -0.05) is 6.58 Å². The summed E-state index contributed by atoms with van der Waals surface area (Å²) in [5.41, 5.74) is 2.71. The van der Waals surface area contributed by atoms with Gasteiger partial charge in [0.2, 0.25) is 0 Å². The second-order valence-corrected chi connectivity index (χ2v) is 12.1. The van der Waals surface area contributed by atoms with Gasteiger partial charge in [-0.25, -0.2) is 0 Å². The van der Waals surface area contributed by atoms with Crippen LogP contribution in [-0.2, 0) is 33.0 Å². The second-order valence-electron chi connectivity index (χ2n) is 11.1. The van der Waals surface area contributed by atoms with Gasteiger partial charge >= 0.3 is 0 Å². The lowest BCUT2D eigenvalue weighted by Gasteiger charge is -2.09. The molecule has 4 aromatic rings. The van der Waals surface area contributed by atoms with Crippen molar-refractivity contribution in [2.24, 2.45) is 33.2 Å². The molecule has 0 radical (unpaired) electrons. The summed E-state index contributed by atoms with van der Waals surface area (Å²) in [6.07, 6.45) is 6.39. The van der Waals surface area contributed by atoms with E-state index in [4.69, 9.17) is 0 Å². The molecule has 0 aliphatic rings. The first kappa shape index (κ1) is 36.8. The van der Waals surface area contributed by atoms with E-state index in [1.807, 2.05) is 0 Å². The number of nitrogens with one attached hydrogen (secondary N) is 7. The molecule has 264 valence electrons. The molecule has 17 nitrogen and oxygen atoms in total. The molecule has 50 heavy (non-hydrogen) atoms. The van der Waals surface area contributed by atoms with E-state index in [1.54, 1.807) is 91.4 Å². The van der Waals surface area contributed by atoms with Crippen molar-refractivity contribution >= 4 is 74.2 Å². The first-order chi connectivity index (χ1) is 23.7. The van der Waals surface area contributed by atoms with Gasteiger partial charge in [-0.15, -0.1) is 0 Å². The fraction of sp³-hybridized carbons (Fsp3) is 0.250. The number of carbonyl (C=O) groups excluding carboxylic acids is 5. The highest BCUT2D eigenvalue weighted by molar-refractivity contribution is 9.12. The minimum atomic E-state index is -0.470. The van der Waals surface area contributed by atoms with Crippen LogP contribution in [0, 0.1) is 0 Å². The van der Waals surface area contributed by atoms with Crippen molar-refractivity contribution in [3.05, 3.63) is 82.9 Å². The van der Waals surface area contributed by atoms with E-state index in [2.05, 4.69) is 64.7 Å². The Morgan fingerprint density at radius 3 is 1.30 bits per heavy atom. The van der Waals surface area contributed by atoms with Crippen LogP contribution in [0.4, 0.5) is 22.7 Å². The van der Waals surface area contributed by atoms with E-state index in [9.17, 15) is 24.0 Å². The Hall–Kier alpha value is -6.04. The van der Waals surface area contributed by atoms with Crippen LogP contribution in [0.1, 0.15) is 42.0 Å². The third-order valence-corrected chi connectivity index (χ3v) is 7.75. The van der Waals surface area contributed by atoms with Crippen molar-refractivity contribution in [1.29, 1.82) is 0 Å². The van der Waals surface area contributed by atoms with Crippen molar-refractivity contribution in [2.75, 3.05) is 48.5 Å². The van der Waals surface area contributed by atoms with Crippen LogP contribution in [0.5, 0.6) is 0 Å². The molecule has 7 N–H and O–H groups in total. The average molecular weight is 752 g/mol. The highest BCUT2D eigenvalue weighted by Crippen LogP contribution is 2.21. The van der Waals surface area contributed by atoms with E-state index < -0.39 is 23.6 Å². The SMILES string of the molecule is C=C(Br)C(=O)Nc1cc(C(=O)Nc2cc(C(=O)Nc3cc(C(=O)Nc4cc(C(=O)NCCNC(=NC)NC)n(C)c4)n(C)c3)n(C)c2)n(C)c1. The maximum absolute atomic E-state index is 13.2. The number of rotatable bonds is 12. The van der Waals surface area contributed by atoms with Crippen LogP contribution in [-0.4, -0.2) is 80.9 Å². The molecule has 0 aliphatic heterocycles. The number of guanidine groups is 1. The predicted molar refractivity (Wildman–Crippen MR) is 195 cm³/mol. The van der Waals surface area contributed by atoms with E-state index >= 15 is 0 Å².